The summed E-state index contributed by atoms with van der Waals surface area (Å²) in [6.45, 7) is 7.03. The third kappa shape index (κ3) is 4.81. The first-order valence-corrected chi connectivity index (χ1v) is 7.37. The summed E-state index contributed by atoms with van der Waals surface area (Å²) in [5, 5.41) is 0. The second-order valence-corrected chi connectivity index (χ2v) is 6.42. The van der Waals surface area contributed by atoms with Crippen LogP contribution >= 0.6 is 0 Å². The van der Waals surface area contributed by atoms with Gasteiger partial charge in [0.25, 0.3) is 0 Å². The topological polar surface area (TPSA) is 52.3 Å². The number of carbonyl (C=O) groups is 1. The van der Waals surface area contributed by atoms with Crippen LogP contribution in [0.5, 0.6) is 5.75 Å². The molecule has 0 amide bonds. The molecule has 0 saturated carbocycles. The molecule has 1 atom stereocenters. The summed E-state index contributed by atoms with van der Waals surface area (Å²) in [6, 6.07) is 4.66. The van der Waals surface area contributed by atoms with Crippen molar-refractivity contribution in [2.24, 2.45) is 17.1 Å². The number of halogens is 1. The van der Waals surface area contributed by atoms with E-state index in [1.807, 2.05) is 0 Å². The minimum Gasteiger partial charge on any atom is -0.494 e. The fourth-order valence-corrected chi connectivity index (χ4v) is 2.54. The highest BCUT2D eigenvalue weighted by molar-refractivity contribution is 5.96. The number of ether oxygens (including phenoxy) is 1. The monoisotopic (exact) mass is 295 g/mol. The Balaban J connectivity index is 2.77. The fraction of sp³-hybridized carbons (Fsp3) is 0.588. The van der Waals surface area contributed by atoms with E-state index >= 15 is 0 Å². The molecule has 0 aliphatic carbocycles. The molecule has 0 bridgehead atoms. The summed E-state index contributed by atoms with van der Waals surface area (Å²) in [4.78, 5) is 12.2. The van der Waals surface area contributed by atoms with Gasteiger partial charge < -0.3 is 10.5 Å². The van der Waals surface area contributed by atoms with Crippen molar-refractivity contribution in [2.75, 3.05) is 13.7 Å². The molecule has 2 N–H and O–H groups in total. The highest BCUT2D eigenvalue weighted by Gasteiger charge is 2.25. The van der Waals surface area contributed by atoms with Crippen LogP contribution in [0.2, 0.25) is 0 Å². The van der Waals surface area contributed by atoms with Crippen LogP contribution in [-0.4, -0.2) is 19.4 Å². The van der Waals surface area contributed by atoms with Crippen molar-refractivity contribution in [3.63, 3.8) is 0 Å². The highest BCUT2D eigenvalue weighted by atomic mass is 19.1. The highest BCUT2D eigenvalue weighted by Crippen LogP contribution is 2.33. The Labute approximate surface area is 126 Å². The molecule has 4 heteroatoms. The van der Waals surface area contributed by atoms with Crippen molar-refractivity contribution in [3.05, 3.63) is 29.6 Å². The first kappa shape index (κ1) is 17.6. The average Bonchev–Trinajstić information content (AvgIpc) is 2.42. The quantitative estimate of drug-likeness (QED) is 0.778. The SMILES string of the molecule is COc1cccc(C(=O)CCC(CCN)C(C)(C)C)c1F. The van der Waals surface area contributed by atoms with Crippen molar-refractivity contribution in [1.82, 2.24) is 0 Å². The van der Waals surface area contributed by atoms with E-state index in [1.54, 1.807) is 6.07 Å². The summed E-state index contributed by atoms with van der Waals surface area (Å²) < 4.78 is 19.0. The second-order valence-electron chi connectivity index (χ2n) is 6.42. The standard InChI is InChI=1S/C17H26FNO2/c1-17(2,3)12(10-11-19)8-9-14(20)13-6-5-7-15(21-4)16(13)18/h5-7,12H,8-11,19H2,1-4H3. The largest absolute Gasteiger partial charge is 0.494 e. The molecule has 0 aliphatic rings. The molecule has 1 rings (SSSR count). The van der Waals surface area contributed by atoms with Crippen LogP contribution in [-0.2, 0) is 0 Å². The van der Waals surface area contributed by atoms with Gasteiger partial charge in [0, 0.05) is 6.42 Å². The van der Waals surface area contributed by atoms with Gasteiger partial charge in [-0.2, -0.15) is 0 Å². The first-order valence-electron chi connectivity index (χ1n) is 7.37. The zero-order valence-electron chi connectivity index (χ0n) is 13.4. The van der Waals surface area contributed by atoms with Gasteiger partial charge >= 0.3 is 0 Å². The van der Waals surface area contributed by atoms with Crippen LogP contribution in [0.15, 0.2) is 18.2 Å². The molecule has 1 aromatic rings. The van der Waals surface area contributed by atoms with E-state index in [9.17, 15) is 9.18 Å². The number of hydrogen-bond donors (Lipinski definition) is 1. The molecule has 1 aromatic carbocycles. The molecule has 21 heavy (non-hydrogen) atoms. The number of benzene rings is 1. The zero-order valence-corrected chi connectivity index (χ0v) is 13.4. The molecule has 0 radical (unpaired) electrons. The Morgan fingerprint density at radius 2 is 2.00 bits per heavy atom. The molecule has 0 heterocycles. The smallest absolute Gasteiger partial charge is 0.175 e. The Bertz CT molecular complexity index is 480. The van der Waals surface area contributed by atoms with E-state index in [4.69, 9.17) is 10.5 Å². The third-order valence-electron chi connectivity index (χ3n) is 3.94. The van der Waals surface area contributed by atoms with Gasteiger partial charge in [0.15, 0.2) is 17.3 Å². The van der Waals surface area contributed by atoms with Gasteiger partial charge in [-0.05, 0) is 42.9 Å². The molecule has 0 spiro atoms. The number of rotatable bonds is 7. The summed E-state index contributed by atoms with van der Waals surface area (Å²) in [7, 11) is 1.39. The van der Waals surface area contributed by atoms with Crippen molar-refractivity contribution in [3.8, 4) is 5.75 Å². The van der Waals surface area contributed by atoms with E-state index < -0.39 is 5.82 Å². The maximum absolute atomic E-state index is 14.1. The molecule has 0 aliphatic heterocycles. The number of methoxy groups -OCH3 is 1. The van der Waals surface area contributed by atoms with Gasteiger partial charge in [0.2, 0.25) is 0 Å². The second kappa shape index (κ2) is 7.55. The Morgan fingerprint density at radius 3 is 2.52 bits per heavy atom. The molecule has 0 fully saturated rings. The minimum absolute atomic E-state index is 0.0899. The van der Waals surface area contributed by atoms with E-state index in [0.29, 0.717) is 18.9 Å². The summed E-state index contributed by atoms with van der Waals surface area (Å²) in [5.74, 6) is -0.302. The van der Waals surface area contributed by atoms with Crippen molar-refractivity contribution < 1.29 is 13.9 Å². The molecule has 118 valence electrons. The van der Waals surface area contributed by atoms with Gasteiger partial charge in [-0.25, -0.2) is 4.39 Å². The lowest BCUT2D eigenvalue weighted by atomic mass is 9.75. The lowest BCUT2D eigenvalue weighted by Crippen LogP contribution is -2.24. The first-order chi connectivity index (χ1) is 9.81. The lowest BCUT2D eigenvalue weighted by molar-refractivity contribution is 0.0953. The van der Waals surface area contributed by atoms with Crippen LogP contribution in [0.1, 0.15) is 50.4 Å². The third-order valence-corrected chi connectivity index (χ3v) is 3.94. The predicted octanol–water partition coefficient (Wildman–Crippen LogP) is 3.81. The number of ketones is 1. The Morgan fingerprint density at radius 1 is 1.33 bits per heavy atom. The average molecular weight is 295 g/mol. The Hall–Kier alpha value is -1.42. The fourth-order valence-electron chi connectivity index (χ4n) is 2.54. The summed E-state index contributed by atoms with van der Waals surface area (Å²) in [6.07, 6.45) is 1.92. The minimum atomic E-state index is -0.573. The van der Waals surface area contributed by atoms with Crippen LogP contribution < -0.4 is 10.5 Å². The van der Waals surface area contributed by atoms with E-state index in [2.05, 4.69) is 20.8 Å². The van der Waals surface area contributed by atoms with Gasteiger partial charge in [-0.1, -0.05) is 26.8 Å². The van der Waals surface area contributed by atoms with E-state index in [0.717, 1.165) is 12.8 Å². The summed E-state index contributed by atoms with van der Waals surface area (Å²) in [5.41, 5.74) is 5.84. The number of carbonyl (C=O) groups excluding carboxylic acids is 1. The number of Topliss-reactive ketones (excluding diaryl/α,β-unsaturated/α-hetero) is 1. The van der Waals surface area contributed by atoms with Crippen LogP contribution in [0.25, 0.3) is 0 Å². The maximum Gasteiger partial charge on any atom is 0.175 e. The molecular weight excluding hydrogens is 269 g/mol. The van der Waals surface area contributed by atoms with Crippen molar-refractivity contribution >= 4 is 5.78 Å². The number of hydrogen-bond acceptors (Lipinski definition) is 3. The number of nitrogens with two attached hydrogens (primary N) is 1. The van der Waals surface area contributed by atoms with E-state index in [-0.39, 0.29) is 22.5 Å². The summed E-state index contributed by atoms with van der Waals surface area (Å²) >= 11 is 0. The Kier molecular flexibility index (Phi) is 6.34. The van der Waals surface area contributed by atoms with Crippen LogP contribution in [0, 0.1) is 17.2 Å². The van der Waals surface area contributed by atoms with Gasteiger partial charge in [0.05, 0.1) is 12.7 Å². The van der Waals surface area contributed by atoms with Gasteiger partial charge in [0.1, 0.15) is 0 Å². The predicted molar refractivity (Wildman–Crippen MR) is 83.1 cm³/mol. The van der Waals surface area contributed by atoms with Gasteiger partial charge in [-0.3, -0.25) is 4.79 Å². The van der Waals surface area contributed by atoms with Crippen molar-refractivity contribution in [1.29, 1.82) is 0 Å². The van der Waals surface area contributed by atoms with Gasteiger partial charge in [-0.15, -0.1) is 0 Å². The molecule has 0 aromatic heterocycles. The van der Waals surface area contributed by atoms with Crippen molar-refractivity contribution in [2.45, 2.75) is 40.0 Å². The van der Waals surface area contributed by atoms with E-state index in [1.165, 1.54) is 19.2 Å². The normalized spacial score (nSPS) is 13.0. The van der Waals surface area contributed by atoms with Crippen LogP contribution in [0.3, 0.4) is 0 Å². The molecule has 3 nitrogen and oxygen atoms in total. The lowest BCUT2D eigenvalue weighted by Gasteiger charge is -2.30. The maximum atomic E-state index is 14.1. The molecule has 0 saturated heterocycles. The van der Waals surface area contributed by atoms with Crippen LogP contribution in [0.4, 0.5) is 4.39 Å². The molecular formula is C17H26FNO2. The zero-order chi connectivity index (χ0) is 16.0. The molecule has 1 unspecified atom stereocenters.